The van der Waals surface area contributed by atoms with Gasteiger partial charge in [-0.1, -0.05) is 12.1 Å². The monoisotopic (exact) mass is 246 g/mol. The third-order valence-corrected chi connectivity index (χ3v) is 2.90. The molecule has 0 bridgehead atoms. The quantitative estimate of drug-likeness (QED) is 0.886. The molecule has 0 saturated heterocycles. The Bertz CT molecular complexity index is 536. The molecule has 0 radical (unpaired) electrons. The second-order valence-corrected chi connectivity index (χ2v) is 4.18. The van der Waals surface area contributed by atoms with Crippen LogP contribution in [0.25, 0.3) is 0 Å². The first kappa shape index (κ1) is 12.6. The molecular weight excluding hydrogens is 228 g/mol. The van der Waals surface area contributed by atoms with Gasteiger partial charge in [0, 0.05) is 6.54 Å². The Kier molecular flexibility index (Phi) is 3.62. The number of nitrogens with two attached hydrogens (primary N) is 1. The highest BCUT2D eigenvalue weighted by Gasteiger charge is 2.16. The third-order valence-electron chi connectivity index (χ3n) is 2.90. The molecule has 0 aliphatic carbocycles. The van der Waals surface area contributed by atoms with Crippen molar-refractivity contribution in [1.29, 1.82) is 0 Å². The Morgan fingerprint density at radius 3 is 2.72 bits per heavy atom. The molecule has 1 aromatic carbocycles. The summed E-state index contributed by atoms with van der Waals surface area (Å²) < 4.78 is 7.10. The van der Waals surface area contributed by atoms with Crippen LogP contribution in [-0.2, 0) is 0 Å². The van der Waals surface area contributed by atoms with Crippen LogP contribution in [0.4, 0.5) is 0 Å². The molecule has 18 heavy (non-hydrogen) atoms. The second-order valence-electron chi connectivity index (χ2n) is 4.18. The van der Waals surface area contributed by atoms with Gasteiger partial charge >= 0.3 is 0 Å². The van der Waals surface area contributed by atoms with Crippen LogP contribution >= 0.6 is 0 Å². The summed E-state index contributed by atoms with van der Waals surface area (Å²) in [6.45, 7) is 4.28. The smallest absolute Gasteiger partial charge is 0.147 e. The lowest BCUT2D eigenvalue weighted by Gasteiger charge is -2.17. The maximum Gasteiger partial charge on any atom is 0.147 e. The van der Waals surface area contributed by atoms with E-state index >= 15 is 0 Å². The molecule has 1 aromatic heterocycles. The predicted molar refractivity (Wildman–Crippen MR) is 69.7 cm³/mol. The van der Waals surface area contributed by atoms with Gasteiger partial charge in [-0.3, -0.25) is 0 Å². The molecular formula is C13H18N4O. The van der Waals surface area contributed by atoms with E-state index in [0.717, 1.165) is 23.0 Å². The van der Waals surface area contributed by atoms with E-state index in [1.165, 1.54) is 0 Å². The maximum absolute atomic E-state index is 5.88. The average molecular weight is 246 g/mol. The summed E-state index contributed by atoms with van der Waals surface area (Å²) in [5.74, 6) is 2.44. The van der Waals surface area contributed by atoms with Crippen molar-refractivity contribution in [2.24, 2.45) is 5.73 Å². The number of ether oxygens (including phenoxy) is 1. The Labute approximate surface area is 107 Å². The van der Waals surface area contributed by atoms with Crippen LogP contribution in [0.15, 0.2) is 24.3 Å². The van der Waals surface area contributed by atoms with Crippen molar-refractivity contribution in [2.75, 3.05) is 13.7 Å². The van der Waals surface area contributed by atoms with Gasteiger partial charge < -0.3 is 10.5 Å². The van der Waals surface area contributed by atoms with Crippen LogP contribution in [-0.4, -0.2) is 28.4 Å². The van der Waals surface area contributed by atoms with Crippen LogP contribution in [0, 0.1) is 13.8 Å². The molecule has 0 amide bonds. The highest BCUT2D eigenvalue weighted by atomic mass is 16.5. The fraction of sp³-hybridized carbons (Fsp3) is 0.385. The molecule has 2 rings (SSSR count). The van der Waals surface area contributed by atoms with Gasteiger partial charge in [0.25, 0.3) is 0 Å². The Morgan fingerprint density at radius 1 is 1.39 bits per heavy atom. The zero-order valence-corrected chi connectivity index (χ0v) is 10.9. The van der Waals surface area contributed by atoms with Crippen LogP contribution in [0.5, 0.6) is 5.75 Å². The summed E-state index contributed by atoms with van der Waals surface area (Å²) in [6.07, 6.45) is 0. The Hall–Kier alpha value is -1.88. The largest absolute Gasteiger partial charge is 0.497 e. The first-order chi connectivity index (χ1) is 8.65. The predicted octanol–water partition coefficient (Wildman–Crippen LogP) is 1.45. The molecule has 5 nitrogen and oxygen atoms in total. The molecule has 1 heterocycles. The molecule has 0 aliphatic heterocycles. The number of aryl methyl sites for hydroxylation is 2. The minimum absolute atomic E-state index is 0.0127. The summed E-state index contributed by atoms with van der Waals surface area (Å²) >= 11 is 0. The molecule has 0 aliphatic rings. The average Bonchev–Trinajstić information content (AvgIpc) is 2.70. The van der Waals surface area contributed by atoms with E-state index in [-0.39, 0.29) is 6.04 Å². The lowest BCUT2D eigenvalue weighted by Crippen LogP contribution is -2.22. The lowest BCUT2D eigenvalue weighted by molar-refractivity contribution is 0.412. The van der Waals surface area contributed by atoms with Gasteiger partial charge in [0.1, 0.15) is 17.4 Å². The van der Waals surface area contributed by atoms with E-state index in [2.05, 4.69) is 10.1 Å². The normalized spacial score (nSPS) is 12.4. The van der Waals surface area contributed by atoms with Gasteiger partial charge in [-0.25, -0.2) is 9.67 Å². The molecule has 5 heteroatoms. The molecule has 96 valence electrons. The molecule has 0 saturated carbocycles. The standard InChI is InChI=1S/C13H18N4O/c1-9-15-10(2)17(16-9)13(8-14)11-5-4-6-12(7-11)18-3/h4-7,13H,8,14H2,1-3H3. The van der Waals surface area contributed by atoms with Crippen molar-refractivity contribution < 1.29 is 4.74 Å². The Morgan fingerprint density at radius 2 is 2.17 bits per heavy atom. The molecule has 1 unspecified atom stereocenters. The Balaban J connectivity index is 2.41. The van der Waals surface area contributed by atoms with Crippen molar-refractivity contribution in [1.82, 2.24) is 14.8 Å². The van der Waals surface area contributed by atoms with Crippen LogP contribution in [0.3, 0.4) is 0 Å². The molecule has 0 spiro atoms. The number of hydrogen-bond acceptors (Lipinski definition) is 4. The van der Waals surface area contributed by atoms with Gasteiger partial charge in [0.05, 0.1) is 13.2 Å². The number of aromatic nitrogens is 3. The minimum atomic E-state index is -0.0127. The van der Waals surface area contributed by atoms with Gasteiger partial charge in [-0.05, 0) is 31.5 Å². The van der Waals surface area contributed by atoms with E-state index in [1.54, 1.807) is 7.11 Å². The topological polar surface area (TPSA) is 66.0 Å². The number of benzene rings is 1. The van der Waals surface area contributed by atoms with Gasteiger partial charge in [0.2, 0.25) is 0 Å². The van der Waals surface area contributed by atoms with Crippen LogP contribution in [0.1, 0.15) is 23.3 Å². The second kappa shape index (κ2) is 5.18. The zero-order chi connectivity index (χ0) is 13.1. The maximum atomic E-state index is 5.88. The van der Waals surface area contributed by atoms with Crippen molar-refractivity contribution in [2.45, 2.75) is 19.9 Å². The summed E-state index contributed by atoms with van der Waals surface area (Å²) in [5, 5.41) is 4.40. The van der Waals surface area contributed by atoms with E-state index < -0.39 is 0 Å². The summed E-state index contributed by atoms with van der Waals surface area (Å²) in [7, 11) is 1.65. The number of hydrogen-bond donors (Lipinski definition) is 1. The van der Waals surface area contributed by atoms with E-state index in [4.69, 9.17) is 10.5 Å². The highest BCUT2D eigenvalue weighted by Crippen LogP contribution is 2.22. The van der Waals surface area contributed by atoms with Gasteiger partial charge in [-0.15, -0.1) is 0 Å². The molecule has 2 N–H and O–H groups in total. The number of rotatable bonds is 4. The minimum Gasteiger partial charge on any atom is -0.497 e. The summed E-state index contributed by atoms with van der Waals surface area (Å²) in [4.78, 5) is 4.31. The van der Waals surface area contributed by atoms with E-state index in [1.807, 2.05) is 42.8 Å². The first-order valence-electron chi connectivity index (χ1n) is 5.89. The SMILES string of the molecule is COc1cccc(C(CN)n2nc(C)nc2C)c1. The van der Waals surface area contributed by atoms with E-state index in [0.29, 0.717) is 6.54 Å². The van der Waals surface area contributed by atoms with Crippen molar-refractivity contribution >= 4 is 0 Å². The molecule has 0 fully saturated rings. The van der Waals surface area contributed by atoms with E-state index in [9.17, 15) is 0 Å². The number of methoxy groups -OCH3 is 1. The van der Waals surface area contributed by atoms with Crippen molar-refractivity contribution in [3.05, 3.63) is 41.5 Å². The van der Waals surface area contributed by atoms with Gasteiger partial charge in [-0.2, -0.15) is 5.10 Å². The highest BCUT2D eigenvalue weighted by molar-refractivity contribution is 5.31. The summed E-state index contributed by atoms with van der Waals surface area (Å²) in [6, 6.07) is 7.86. The fourth-order valence-corrected chi connectivity index (χ4v) is 2.06. The van der Waals surface area contributed by atoms with Crippen LogP contribution in [0.2, 0.25) is 0 Å². The van der Waals surface area contributed by atoms with Crippen molar-refractivity contribution in [3.63, 3.8) is 0 Å². The summed E-state index contributed by atoms with van der Waals surface area (Å²) in [5.41, 5.74) is 6.95. The molecule has 1 atom stereocenters. The molecule has 2 aromatic rings. The third kappa shape index (κ3) is 2.36. The van der Waals surface area contributed by atoms with Crippen molar-refractivity contribution in [3.8, 4) is 5.75 Å². The first-order valence-corrected chi connectivity index (χ1v) is 5.89. The van der Waals surface area contributed by atoms with Gasteiger partial charge in [0.15, 0.2) is 0 Å². The lowest BCUT2D eigenvalue weighted by atomic mass is 10.1. The fourth-order valence-electron chi connectivity index (χ4n) is 2.06. The number of nitrogens with zero attached hydrogens (tertiary/aromatic N) is 3. The zero-order valence-electron chi connectivity index (χ0n) is 10.9. The van der Waals surface area contributed by atoms with Crippen LogP contribution < -0.4 is 10.5 Å².